The van der Waals surface area contributed by atoms with E-state index in [0.29, 0.717) is 18.4 Å². The number of aliphatic hydroxyl groups is 1. The van der Waals surface area contributed by atoms with E-state index >= 15 is 0 Å². The number of rotatable bonds is 1. The van der Waals surface area contributed by atoms with Crippen LogP contribution in [0.5, 0.6) is 0 Å². The van der Waals surface area contributed by atoms with E-state index in [1.54, 1.807) is 0 Å². The number of hydrogen-bond donors (Lipinski definition) is 1. The van der Waals surface area contributed by atoms with Gasteiger partial charge in [-0.15, -0.1) is 0 Å². The molecule has 1 aliphatic carbocycles. The topological polar surface area (TPSA) is 20.2 Å². The second-order valence-electron chi connectivity index (χ2n) is 2.54. The maximum absolute atomic E-state index is 8.63. The Labute approximate surface area is 63.8 Å². The molecule has 2 unspecified atom stereocenters. The number of allylic oxidation sites excluding steroid dienone is 1. The first-order valence-corrected chi connectivity index (χ1v) is 4.12. The zero-order valence-electron chi connectivity index (χ0n) is 7.17. The van der Waals surface area contributed by atoms with Crippen LogP contribution >= 0.6 is 0 Å². The third-order valence-electron chi connectivity index (χ3n) is 1.62. The molecule has 0 heterocycles. The highest BCUT2D eigenvalue weighted by molar-refractivity contribution is 4.99. The predicted molar refractivity (Wildman–Crippen MR) is 44.8 cm³/mol. The van der Waals surface area contributed by atoms with Crippen molar-refractivity contribution < 1.29 is 5.11 Å². The highest BCUT2D eigenvalue weighted by atomic mass is 16.3. The summed E-state index contributed by atoms with van der Waals surface area (Å²) in [4.78, 5) is 0. The average Bonchev–Trinajstić information content (AvgIpc) is 2.40. The molecule has 2 atom stereocenters. The van der Waals surface area contributed by atoms with Crippen LogP contribution in [0.2, 0.25) is 0 Å². The fraction of sp³-hybridized carbons (Fsp3) is 0.778. The van der Waals surface area contributed by atoms with E-state index in [2.05, 4.69) is 19.1 Å². The molecule has 0 aromatic rings. The standard InChI is InChI=1S/C7H12O.C2H6/c1-6-2-3-7(4-6)5-8;1-2/h2-3,6-8H,4-5H2,1H3;1-2H3. The average molecular weight is 142 g/mol. The molecule has 0 saturated carbocycles. The number of hydrogen-bond acceptors (Lipinski definition) is 1. The van der Waals surface area contributed by atoms with Gasteiger partial charge in [-0.25, -0.2) is 0 Å². The lowest BCUT2D eigenvalue weighted by Gasteiger charge is -2.01. The number of aliphatic hydroxyl groups excluding tert-OH is 1. The molecule has 1 N–H and O–H groups in total. The molecule has 1 heteroatoms. The fourth-order valence-electron chi connectivity index (χ4n) is 1.12. The minimum absolute atomic E-state index is 0.320. The molecule has 1 rings (SSSR count). The van der Waals surface area contributed by atoms with Crippen LogP contribution < -0.4 is 0 Å². The lowest BCUT2D eigenvalue weighted by atomic mass is 10.1. The summed E-state index contributed by atoms with van der Waals surface area (Å²) in [6.07, 6.45) is 5.40. The summed E-state index contributed by atoms with van der Waals surface area (Å²) in [7, 11) is 0. The molecule has 0 saturated heterocycles. The zero-order chi connectivity index (χ0) is 7.98. The van der Waals surface area contributed by atoms with Crippen LogP contribution in [0, 0.1) is 11.8 Å². The van der Waals surface area contributed by atoms with Crippen molar-refractivity contribution in [1.82, 2.24) is 0 Å². The van der Waals surface area contributed by atoms with Gasteiger partial charge in [-0.1, -0.05) is 32.9 Å². The van der Waals surface area contributed by atoms with Crippen LogP contribution in [0.3, 0.4) is 0 Å². The molecule has 1 nitrogen and oxygen atoms in total. The second kappa shape index (κ2) is 5.48. The lowest BCUT2D eigenvalue weighted by molar-refractivity contribution is 0.246. The van der Waals surface area contributed by atoms with Gasteiger partial charge in [0, 0.05) is 12.5 Å². The van der Waals surface area contributed by atoms with Crippen molar-refractivity contribution in [3.05, 3.63) is 12.2 Å². The molecule has 0 bridgehead atoms. The lowest BCUT2D eigenvalue weighted by Crippen LogP contribution is -1.99. The quantitative estimate of drug-likeness (QED) is 0.556. The highest BCUT2D eigenvalue weighted by Crippen LogP contribution is 2.21. The summed E-state index contributed by atoms with van der Waals surface area (Å²) in [6.45, 7) is 6.49. The highest BCUT2D eigenvalue weighted by Gasteiger charge is 2.12. The van der Waals surface area contributed by atoms with Gasteiger partial charge in [0.15, 0.2) is 0 Å². The van der Waals surface area contributed by atoms with E-state index in [-0.39, 0.29) is 0 Å². The van der Waals surface area contributed by atoms with Gasteiger partial charge in [0.25, 0.3) is 0 Å². The third kappa shape index (κ3) is 3.02. The van der Waals surface area contributed by atoms with Crippen molar-refractivity contribution in [2.45, 2.75) is 27.2 Å². The van der Waals surface area contributed by atoms with Crippen LogP contribution in [0.1, 0.15) is 27.2 Å². The minimum Gasteiger partial charge on any atom is -0.396 e. The van der Waals surface area contributed by atoms with Gasteiger partial charge in [0.05, 0.1) is 0 Å². The summed E-state index contributed by atoms with van der Waals surface area (Å²) in [6, 6.07) is 0. The van der Waals surface area contributed by atoms with Gasteiger partial charge >= 0.3 is 0 Å². The summed E-state index contributed by atoms with van der Waals surface area (Å²) in [5.74, 6) is 1.14. The largest absolute Gasteiger partial charge is 0.396 e. The van der Waals surface area contributed by atoms with Crippen LogP contribution in [-0.2, 0) is 0 Å². The van der Waals surface area contributed by atoms with Gasteiger partial charge in [0.1, 0.15) is 0 Å². The van der Waals surface area contributed by atoms with E-state index < -0.39 is 0 Å². The molecular weight excluding hydrogens is 124 g/mol. The fourth-order valence-corrected chi connectivity index (χ4v) is 1.12. The van der Waals surface area contributed by atoms with Gasteiger partial charge < -0.3 is 5.11 Å². The van der Waals surface area contributed by atoms with E-state index in [9.17, 15) is 0 Å². The summed E-state index contributed by atoms with van der Waals surface area (Å²) >= 11 is 0. The van der Waals surface area contributed by atoms with Crippen LogP contribution in [0.4, 0.5) is 0 Å². The normalized spacial score (nSPS) is 29.6. The van der Waals surface area contributed by atoms with Crippen molar-refractivity contribution >= 4 is 0 Å². The Morgan fingerprint density at radius 3 is 2.20 bits per heavy atom. The molecule has 0 spiro atoms. The Morgan fingerprint density at radius 2 is 2.00 bits per heavy atom. The van der Waals surface area contributed by atoms with E-state index in [1.165, 1.54) is 0 Å². The minimum atomic E-state index is 0.320. The molecule has 0 radical (unpaired) electrons. The Bertz CT molecular complexity index is 96.9. The first-order chi connectivity index (χ1) is 4.83. The van der Waals surface area contributed by atoms with E-state index in [1.807, 2.05) is 13.8 Å². The molecule has 10 heavy (non-hydrogen) atoms. The van der Waals surface area contributed by atoms with Gasteiger partial charge in [-0.05, 0) is 12.3 Å². The first-order valence-electron chi connectivity index (χ1n) is 4.12. The zero-order valence-corrected chi connectivity index (χ0v) is 7.17. The Kier molecular flexibility index (Phi) is 5.32. The second-order valence-corrected chi connectivity index (χ2v) is 2.54. The van der Waals surface area contributed by atoms with Gasteiger partial charge in [-0.2, -0.15) is 0 Å². The van der Waals surface area contributed by atoms with Gasteiger partial charge in [0.2, 0.25) is 0 Å². The van der Waals surface area contributed by atoms with Crippen molar-refractivity contribution in [3.8, 4) is 0 Å². The molecule has 0 fully saturated rings. The molecule has 0 aromatic heterocycles. The van der Waals surface area contributed by atoms with Crippen molar-refractivity contribution in [2.24, 2.45) is 11.8 Å². The monoisotopic (exact) mass is 142 g/mol. The molecule has 0 amide bonds. The smallest absolute Gasteiger partial charge is 0.0494 e. The maximum Gasteiger partial charge on any atom is 0.0494 e. The Morgan fingerprint density at radius 1 is 1.40 bits per heavy atom. The predicted octanol–water partition coefficient (Wildman–Crippen LogP) is 2.22. The van der Waals surface area contributed by atoms with Crippen molar-refractivity contribution in [1.29, 1.82) is 0 Å². The summed E-state index contributed by atoms with van der Waals surface area (Å²) < 4.78 is 0. The SMILES string of the molecule is CC.CC1C=CC(CO)C1. The Hall–Kier alpha value is -0.300. The first kappa shape index (κ1) is 9.70. The molecule has 1 aliphatic rings. The summed E-state index contributed by atoms with van der Waals surface area (Å²) in [5, 5.41) is 8.63. The molecule has 0 aliphatic heterocycles. The molecule has 60 valence electrons. The van der Waals surface area contributed by atoms with Gasteiger partial charge in [-0.3, -0.25) is 0 Å². The van der Waals surface area contributed by atoms with Crippen molar-refractivity contribution in [3.63, 3.8) is 0 Å². The van der Waals surface area contributed by atoms with Crippen molar-refractivity contribution in [2.75, 3.05) is 6.61 Å². The van der Waals surface area contributed by atoms with Crippen LogP contribution in [0.25, 0.3) is 0 Å². The van der Waals surface area contributed by atoms with E-state index in [0.717, 1.165) is 6.42 Å². The van der Waals surface area contributed by atoms with E-state index in [4.69, 9.17) is 5.11 Å². The molecular formula is C9H18O. The van der Waals surface area contributed by atoms with Crippen LogP contribution in [0.15, 0.2) is 12.2 Å². The molecule has 0 aromatic carbocycles. The maximum atomic E-state index is 8.63. The summed E-state index contributed by atoms with van der Waals surface area (Å²) in [5.41, 5.74) is 0. The third-order valence-corrected chi connectivity index (χ3v) is 1.62. The Balaban J connectivity index is 0.000000371. The van der Waals surface area contributed by atoms with Crippen LogP contribution in [-0.4, -0.2) is 11.7 Å².